The number of halogens is 1. The summed E-state index contributed by atoms with van der Waals surface area (Å²) in [6.45, 7) is 0. The van der Waals surface area contributed by atoms with Crippen LogP contribution < -0.4 is 11.5 Å². The average molecular weight is 350 g/mol. The minimum atomic E-state index is -0.856. The fourth-order valence-corrected chi connectivity index (χ4v) is 2.49. The Kier molecular flexibility index (Phi) is 5.90. The van der Waals surface area contributed by atoms with Crippen LogP contribution in [0.2, 0.25) is 5.02 Å². The van der Waals surface area contributed by atoms with Gasteiger partial charge in [0.2, 0.25) is 0 Å². The number of aliphatic imine (C=N–C) groups is 1. The Bertz CT molecular complexity index is 716. The van der Waals surface area contributed by atoms with Crippen molar-refractivity contribution in [3.8, 4) is 11.1 Å². The zero-order valence-corrected chi connectivity index (χ0v) is 13.8. The van der Waals surface area contributed by atoms with E-state index in [-0.39, 0.29) is 12.4 Å². The van der Waals surface area contributed by atoms with E-state index in [4.69, 9.17) is 23.1 Å². The molecule has 23 heavy (non-hydrogen) atoms. The molecule has 7 heteroatoms. The van der Waals surface area contributed by atoms with Crippen LogP contribution in [0.1, 0.15) is 5.56 Å². The highest BCUT2D eigenvalue weighted by atomic mass is 35.5. The van der Waals surface area contributed by atoms with Crippen molar-refractivity contribution in [2.45, 2.75) is 12.5 Å². The van der Waals surface area contributed by atoms with Crippen LogP contribution in [0.3, 0.4) is 0 Å². The van der Waals surface area contributed by atoms with Gasteiger partial charge in [-0.05, 0) is 28.8 Å². The molecule has 5 nitrogen and oxygen atoms in total. The lowest BCUT2D eigenvalue weighted by atomic mass is 9.95. The maximum absolute atomic E-state index is 11.8. The smallest absolute Gasteiger partial charge is 0.343 e. The van der Waals surface area contributed by atoms with E-state index in [1.54, 1.807) is 0 Å². The van der Waals surface area contributed by atoms with Gasteiger partial charge in [-0.2, -0.15) is 0 Å². The molecule has 0 fully saturated rings. The lowest BCUT2D eigenvalue weighted by Gasteiger charge is -2.14. The monoisotopic (exact) mass is 349 g/mol. The molecule has 0 aromatic heterocycles. The van der Waals surface area contributed by atoms with Gasteiger partial charge in [-0.15, -0.1) is 0 Å². The van der Waals surface area contributed by atoms with Gasteiger partial charge in [0, 0.05) is 24.4 Å². The maximum Gasteiger partial charge on any atom is 0.343 e. The van der Waals surface area contributed by atoms with Gasteiger partial charge in [-0.1, -0.05) is 48.0 Å². The van der Waals surface area contributed by atoms with Crippen molar-refractivity contribution in [1.29, 1.82) is 0 Å². The molecule has 0 radical (unpaired) electrons. The molecule has 120 valence electrons. The summed E-state index contributed by atoms with van der Waals surface area (Å²) >= 11 is 9.46. The lowest BCUT2D eigenvalue weighted by Crippen LogP contribution is -2.30. The van der Waals surface area contributed by atoms with Gasteiger partial charge in [-0.3, -0.25) is 0 Å². The van der Waals surface area contributed by atoms with E-state index in [0.717, 1.165) is 16.7 Å². The highest BCUT2D eigenvalue weighted by Crippen LogP contribution is 2.26. The number of thiol groups is 1. The molecule has 1 atom stereocenters. The van der Waals surface area contributed by atoms with E-state index in [1.807, 2.05) is 48.5 Å². The number of carbonyl (C=O) groups excluding carboxylic acids is 1. The second-order valence-corrected chi connectivity index (χ2v) is 5.47. The van der Waals surface area contributed by atoms with Crippen molar-refractivity contribution in [1.82, 2.24) is 0 Å². The van der Waals surface area contributed by atoms with Gasteiger partial charge < -0.3 is 15.7 Å². The molecular formula is C16H16ClN3O2S. The second-order valence-electron chi connectivity index (χ2n) is 4.85. The molecule has 0 aliphatic carbocycles. The van der Waals surface area contributed by atoms with Gasteiger partial charge in [0.15, 0.2) is 12.0 Å². The molecule has 0 saturated heterocycles. The maximum atomic E-state index is 11.8. The van der Waals surface area contributed by atoms with Gasteiger partial charge in [0.1, 0.15) is 0 Å². The second kappa shape index (κ2) is 7.89. The van der Waals surface area contributed by atoms with Crippen molar-refractivity contribution in [3.05, 3.63) is 59.1 Å². The molecule has 0 heterocycles. The van der Waals surface area contributed by atoms with Crippen LogP contribution >= 0.6 is 24.5 Å². The Morgan fingerprint density at radius 1 is 1.17 bits per heavy atom. The number of nitrogens with zero attached hydrogens (tertiary/aromatic N) is 1. The van der Waals surface area contributed by atoms with E-state index < -0.39 is 12.0 Å². The standard InChI is InChI=1S/C16H16ClN3O2S/c17-12-7-5-10(6-8-12)13-4-2-1-3-11(13)9-14(15(21)22-23)20-16(18)19/h1-8,14,23H,9H2,(H4,18,19,20). The predicted molar refractivity (Wildman–Crippen MR) is 95.3 cm³/mol. The number of rotatable bonds is 5. The Hall–Kier alpha value is -2.18. The van der Waals surface area contributed by atoms with Crippen LogP contribution in [0, 0.1) is 0 Å². The zero-order chi connectivity index (χ0) is 16.8. The summed E-state index contributed by atoms with van der Waals surface area (Å²) in [5.74, 6) is -0.801. The Morgan fingerprint density at radius 3 is 2.43 bits per heavy atom. The molecule has 0 bridgehead atoms. The quantitative estimate of drug-likeness (QED) is 0.335. The van der Waals surface area contributed by atoms with Gasteiger partial charge in [0.25, 0.3) is 0 Å². The number of hydrogen-bond donors (Lipinski definition) is 3. The first-order valence-electron chi connectivity index (χ1n) is 6.79. The summed E-state index contributed by atoms with van der Waals surface area (Å²) in [6, 6.07) is 14.2. The lowest BCUT2D eigenvalue weighted by molar-refractivity contribution is -0.134. The van der Waals surface area contributed by atoms with E-state index in [9.17, 15) is 4.79 Å². The van der Waals surface area contributed by atoms with Crippen molar-refractivity contribution in [2.75, 3.05) is 0 Å². The van der Waals surface area contributed by atoms with Gasteiger partial charge in [-0.25, -0.2) is 9.79 Å². The van der Waals surface area contributed by atoms with Gasteiger partial charge >= 0.3 is 5.97 Å². The highest BCUT2D eigenvalue weighted by Gasteiger charge is 2.21. The van der Waals surface area contributed by atoms with E-state index in [0.29, 0.717) is 5.02 Å². The molecular weight excluding hydrogens is 334 g/mol. The fourth-order valence-electron chi connectivity index (χ4n) is 2.24. The number of nitrogens with two attached hydrogens (primary N) is 2. The molecule has 0 aliphatic rings. The summed E-state index contributed by atoms with van der Waals surface area (Å²) < 4.78 is 4.47. The Morgan fingerprint density at radius 2 is 1.83 bits per heavy atom. The number of guanidine groups is 1. The van der Waals surface area contributed by atoms with Crippen molar-refractivity contribution in [2.24, 2.45) is 16.5 Å². The van der Waals surface area contributed by atoms with E-state index >= 15 is 0 Å². The van der Waals surface area contributed by atoms with Crippen molar-refractivity contribution >= 4 is 36.4 Å². The number of hydrogen-bond acceptors (Lipinski definition) is 4. The molecule has 2 aromatic carbocycles. The fraction of sp³-hybridized carbons (Fsp3) is 0.125. The summed E-state index contributed by atoms with van der Waals surface area (Å²) in [6.07, 6.45) is 0.288. The molecule has 0 aliphatic heterocycles. The summed E-state index contributed by atoms with van der Waals surface area (Å²) in [7, 11) is 0. The molecule has 0 spiro atoms. The largest absolute Gasteiger partial charge is 0.393 e. The molecule has 2 aromatic rings. The third-order valence-corrected chi connectivity index (χ3v) is 3.68. The van der Waals surface area contributed by atoms with Crippen LogP contribution in [-0.2, 0) is 15.4 Å². The van der Waals surface area contributed by atoms with Crippen LogP contribution in [0.25, 0.3) is 11.1 Å². The molecule has 0 saturated carbocycles. The van der Waals surface area contributed by atoms with Crippen molar-refractivity contribution in [3.63, 3.8) is 0 Å². The predicted octanol–water partition coefficient (Wildman–Crippen LogP) is 2.58. The van der Waals surface area contributed by atoms with Crippen LogP contribution in [0.5, 0.6) is 0 Å². The number of carbonyl (C=O) groups is 1. The topological polar surface area (TPSA) is 90.7 Å². The van der Waals surface area contributed by atoms with Crippen LogP contribution in [0.4, 0.5) is 0 Å². The molecule has 4 N–H and O–H groups in total. The number of benzene rings is 2. The third-order valence-electron chi connectivity index (χ3n) is 3.25. The average Bonchev–Trinajstić information content (AvgIpc) is 2.54. The molecule has 1 unspecified atom stereocenters. The Labute approximate surface area is 144 Å². The first kappa shape index (κ1) is 17.2. The summed E-state index contributed by atoms with van der Waals surface area (Å²) in [4.78, 5) is 15.7. The van der Waals surface area contributed by atoms with Gasteiger partial charge in [0.05, 0.1) is 0 Å². The van der Waals surface area contributed by atoms with Crippen molar-refractivity contribution < 1.29 is 8.98 Å². The zero-order valence-electron chi connectivity index (χ0n) is 12.1. The first-order valence-corrected chi connectivity index (χ1v) is 7.53. The SMILES string of the molecule is NC(N)=NC(Cc1ccccc1-c1ccc(Cl)cc1)C(=O)OS. The molecule has 2 rings (SSSR count). The third kappa shape index (κ3) is 4.64. The van der Waals surface area contributed by atoms with E-state index in [1.165, 1.54) is 0 Å². The minimum Gasteiger partial charge on any atom is -0.393 e. The normalized spacial score (nSPS) is 11.6. The van der Waals surface area contributed by atoms with E-state index in [2.05, 4.69) is 22.1 Å². The van der Waals surface area contributed by atoms with Crippen LogP contribution in [-0.4, -0.2) is 18.0 Å². The molecule has 0 amide bonds. The highest BCUT2D eigenvalue weighted by molar-refractivity contribution is 7.75. The minimum absolute atomic E-state index is 0.183. The Balaban J connectivity index is 2.37. The summed E-state index contributed by atoms with van der Waals surface area (Å²) in [5, 5.41) is 0.656. The summed E-state index contributed by atoms with van der Waals surface area (Å²) in [5.41, 5.74) is 13.6. The van der Waals surface area contributed by atoms with Crippen LogP contribution in [0.15, 0.2) is 53.5 Å². The first-order chi connectivity index (χ1) is 11.0.